The number of phenolic OH excluding ortho intramolecular Hbond substituents is 1. The minimum atomic E-state index is -0.622. The Kier molecular flexibility index (Phi) is 4.97. The molecule has 1 atom stereocenters. The van der Waals surface area contributed by atoms with Gasteiger partial charge in [-0.3, -0.25) is 20.1 Å². The average Bonchev–Trinajstić information content (AvgIpc) is 2.75. The standard InChI is InChI=1S/C21H15ClN4O3/c22-18-11-17(21(27)20-16(18)7-3-9-24-20)19(25-14-5-2-8-23-12-14)13-4-1-6-15(10-13)26(28)29/h1-12,19,25,27H/t19-/m1/s1. The van der Waals surface area contributed by atoms with E-state index in [2.05, 4.69) is 15.3 Å². The van der Waals surface area contributed by atoms with Crippen molar-refractivity contribution in [3.8, 4) is 5.75 Å². The maximum atomic E-state index is 11.3. The van der Waals surface area contributed by atoms with Gasteiger partial charge in [-0.2, -0.15) is 0 Å². The van der Waals surface area contributed by atoms with Crippen molar-refractivity contribution in [2.24, 2.45) is 0 Å². The average molecular weight is 407 g/mol. The molecule has 0 aliphatic heterocycles. The highest BCUT2D eigenvalue weighted by atomic mass is 35.5. The number of aromatic nitrogens is 2. The van der Waals surface area contributed by atoms with Gasteiger partial charge in [-0.05, 0) is 35.9 Å². The first-order valence-electron chi connectivity index (χ1n) is 8.71. The summed E-state index contributed by atoms with van der Waals surface area (Å²) in [7, 11) is 0. The second-order valence-corrected chi connectivity index (χ2v) is 6.77. The molecule has 0 fully saturated rings. The number of anilines is 1. The highest BCUT2D eigenvalue weighted by Crippen LogP contribution is 2.40. The van der Waals surface area contributed by atoms with Crippen LogP contribution in [0, 0.1) is 10.1 Å². The zero-order valence-corrected chi connectivity index (χ0v) is 15.7. The summed E-state index contributed by atoms with van der Waals surface area (Å²) in [5.74, 6) is -0.0436. The minimum absolute atomic E-state index is 0.0436. The summed E-state index contributed by atoms with van der Waals surface area (Å²) >= 11 is 6.45. The van der Waals surface area contributed by atoms with Crippen molar-refractivity contribution in [3.63, 3.8) is 0 Å². The van der Waals surface area contributed by atoms with E-state index < -0.39 is 11.0 Å². The second-order valence-electron chi connectivity index (χ2n) is 6.37. The van der Waals surface area contributed by atoms with Crippen molar-refractivity contribution in [1.29, 1.82) is 0 Å². The number of halogens is 1. The van der Waals surface area contributed by atoms with Crippen LogP contribution < -0.4 is 5.32 Å². The Labute approximate surface area is 170 Å². The fourth-order valence-electron chi connectivity index (χ4n) is 3.20. The molecule has 0 saturated carbocycles. The van der Waals surface area contributed by atoms with Gasteiger partial charge in [0, 0.05) is 41.7 Å². The van der Waals surface area contributed by atoms with E-state index in [-0.39, 0.29) is 11.4 Å². The lowest BCUT2D eigenvalue weighted by atomic mass is 9.95. The quantitative estimate of drug-likeness (QED) is 0.353. The normalized spacial score (nSPS) is 11.9. The van der Waals surface area contributed by atoms with Gasteiger partial charge in [0.2, 0.25) is 0 Å². The number of rotatable bonds is 5. The third kappa shape index (κ3) is 3.68. The molecule has 0 saturated heterocycles. The monoisotopic (exact) mass is 406 g/mol. The molecular weight excluding hydrogens is 392 g/mol. The number of nitro benzene ring substituents is 1. The first-order valence-corrected chi connectivity index (χ1v) is 9.09. The van der Waals surface area contributed by atoms with Crippen LogP contribution in [0.25, 0.3) is 10.9 Å². The lowest BCUT2D eigenvalue weighted by Gasteiger charge is -2.22. The minimum Gasteiger partial charge on any atom is -0.505 e. The Morgan fingerprint density at radius 1 is 1.10 bits per heavy atom. The number of non-ortho nitro benzene ring substituents is 1. The SMILES string of the molecule is O=[N+]([O-])c1cccc([C@@H](Nc2cccnc2)c2cc(Cl)c3cccnc3c2O)c1. The van der Waals surface area contributed by atoms with Gasteiger partial charge in [0.1, 0.15) is 11.3 Å². The summed E-state index contributed by atoms with van der Waals surface area (Å²) in [5, 5.41) is 26.5. The van der Waals surface area contributed by atoms with Crippen LogP contribution in [0.5, 0.6) is 5.75 Å². The van der Waals surface area contributed by atoms with Gasteiger partial charge in [0.05, 0.1) is 21.7 Å². The molecule has 2 heterocycles. The summed E-state index contributed by atoms with van der Waals surface area (Å²) in [4.78, 5) is 19.1. The van der Waals surface area contributed by atoms with Crippen molar-refractivity contribution >= 4 is 33.9 Å². The Morgan fingerprint density at radius 2 is 1.93 bits per heavy atom. The molecule has 8 heteroatoms. The van der Waals surface area contributed by atoms with Gasteiger partial charge in [-0.1, -0.05) is 23.7 Å². The smallest absolute Gasteiger partial charge is 0.269 e. The third-order valence-corrected chi connectivity index (χ3v) is 4.86. The number of hydrogen-bond donors (Lipinski definition) is 2. The van der Waals surface area contributed by atoms with Crippen molar-refractivity contribution in [1.82, 2.24) is 9.97 Å². The fraction of sp³-hybridized carbons (Fsp3) is 0.0476. The van der Waals surface area contributed by atoms with Crippen LogP contribution in [-0.4, -0.2) is 20.0 Å². The molecule has 0 bridgehead atoms. The zero-order valence-electron chi connectivity index (χ0n) is 15.0. The van der Waals surface area contributed by atoms with Gasteiger partial charge in [0.15, 0.2) is 0 Å². The first kappa shape index (κ1) is 18.6. The van der Waals surface area contributed by atoms with Crippen LogP contribution in [-0.2, 0) is 0 Å². The van der Waals surface area contributed by atoms with Gasteiger partial charge in [-0.15, -0.1) is 0 Å². The molecule has 0 amide bonds. The molecule has 0 unspecified atom stereocenters. The molecule has 2 aromatic heterocycles. The second kappa shape index (κ2) is 7.73. The van der Waals surface area contributed by atoms with Crippen molar-refractivity contribution in [2.75, 3.05) is 5.32 Å². The maximum Gasteiger partial charge on any atom is 0.269 e. The van der Waals surface area contributed by atoms with E-state index in [1.54, 1.807) is 55.0 Å². The van der Waals surface area contributed by atoms with E-state index >= 15 is 0 Å². The number of fused-ring (bicyclic) bond motifs is 1. The van der Waals surface area contributed by atoms with E-state index in [0.29, 0.717) is 32.7 Å². The molecule has 29 heavy (non-hydrogen) atoms. The van der Waals surface area contributed by atoms with Crippen LogP contribution in [0.3, 0.4) is 0 Å². The van der Waals surface area contributed by atoms with E-state index in [1.165, 1.54) is 12.1 Å². The van der Waals surface area contributed by atoms with Gasteiger partial charge < -0.3 is 10.4 Å². The number of nitrogens with zero attached hydrogens (tertiary/aromatic N) is 3. The Bertz CT molecular complexity index is 1200. The molecule has 7 nitrogen and oxygen atoms in total. The van der Waals surface area contributed by atoms with Gasteiger partial charge in [-0.25, -0.2) is 0 Å². The molecule has 0 aliphatic rings. The zero-order chi connectivity index (χ0) is 20.4. The topological polar surface area (TPSA) is 101 Å². The predicted octanol–water partition coefficient (Wildman–Crippen LogP) is 5.10. The van der Waals surface area contributed by atoms with Crippen LogP contribution in [0.1, 0.15) is 17.2 Å². The molecule has 0 aliphatic carbocycles. The van der Waals surface area contributed by atoms with Crippen molar-refractivity contribution in [3.05, 3.63) is 99.5 Å². The van der Waals surface area contributed by atoms with Crippen LogP contribution in [0.2, 0.25) is 5.02 Å². The number of pyridine rings is 2. The third-order valence-electron chi connectivity index (χ3n) is 4.54. The molecule has 0 spiro atoms. The maximum absolute atomic E-state index is 11.3. The molecule has 4 aromatic rings. The Balaban J connectivity index is 1.91. The molecule has 2 aromatic carbocycles. The number of aromatic hydroxyl groups is 1. The van der Waals surface area contributed by atoms with Crippen molar-refractivity contribution in [2.45, 2.75) is 6.04 Å². The van der Waals surface area contributed by atoms with Crippen LogP contribution in [0.4, 0.5) is 11.4 Å². The number of nitrogens with one attached hydrogen (secondary N) is 1. The predicted molar refractivity (Wildman–Crippen MR) is 111 cm³/mol. The molecular formula is C21H15ClN4O3. The summed E-state index contributed by atoms with van der Waals surface area (Å²) < 4.78 is 0. The first-order chi connectivity index (χ1) is 14.0. The molecule has 2 N–H and O–H groups in total. The van der Waals surface area contributed by atoms with E-state index in [4.69, 9.17) is 11.6 Å². The number of benzene rings is 2. The summed E-state index contributed by atoms with van der Waals surface area (Å²) in [5.41, 5.74) is 2.03. The van der Waals surface area contributed by atoms with E-state index in [9.17, 15) is 15.2 Å². The Hall–Kier alpha value is -3.71. The lowest BCUT2D eigenvalue weighted by molar-refractivity contribution is -0.384. The summed E-state index contributed by atoms with van der Waals surface area (Å²) in [6, 6.07) is 14.3. The van der Waals surface area contributed by atoms with E-state index in [0.717, 1.165) is 0 Å². The number of hydrogen-bond acceptors (Lipinski definition) is 6. The lowest BCUT2D eigenvalue weighted by Crippen LogP contribution is -2.13. The number of nitro groups is 1. The van der Waals surface area contributed by atoms with Crippen LogP contribution >= 0.6 is 11.6 Å². The highest BCUT2D eigenvalue weighted by molar-refractivity contribution is 6.35. The summed E-state index contributed by atoms with van der Waals surface area (Å²) in [6.07, 6.45) is 4.84. The van der Waals surface area contributed by atoms with Gasteiger partial charge >= 0.3 is 0 Å². The molecule has 4 rings (SSSR count). The summed E-state index contributed by atoms with van der Waals surface area (Å²) in [6.45, 7) is 0. The van der Waals surface area contributed by atoms with E-state index in [1.807, 2.05) is 6.07 Å². The molecule has 0 radical (unpaired) electrons. The highest BCUT2D eigenvalue weighted by Gasteiger charge is 2.23. The number of phenols is 1. The largest absolute Gasteiger partial charge is 0.505 e. The van der Waals surface area contributed by atoms with Crippen molar-refractivity contribution < 1.29 is 10.0 Å². The van der Waals surface area contributed by atoms with Crippen LogP contribution in [0.15, 0.2) is 73.2 Å². The molecule has 144 valence electrons. The van der Waals surface area contributed by atoms with Gasteiger partial charge in [0.25, 0.3) is 5.69 Å². The fourth-order valence-corrected chi connectivity index (χ4v) is 3.47. The Morgan fingerprint density at radius 3 is 2.69 bits per heavy atom.